The number of hydrogen-bond donors (Lipinski definition) is 0. The monoisotopic (exact) mass is 416 g/mol. The Labute approximate surface area is 171 Å². The highest BCUT2D eigenvalue weighted by Gasteiger charge is 2.38. The molecule has 0 N–H and O–H groups in total. The zero-order chi connectivity index (χ0) is 21.8. The van der Waals surface area contributed by atoms with E-state index in [-0.39, 0.29) is 17.9 Å². The third kappa shape index (κ3) is 4.68. The number of carbonyl (C=O) groups excluding carboxylic acids is 3. The molecule has 0 fully saturated rings. The number of carbonyl (C=O) groups is 3. The summed E-state index contributed by atoms with van der Waals surface area (Å²) >= 11 is 0. The number of ether oxygens (including phenoxy) is 4. The molecule has 1 aliphatic heterocycles. The summed E-state index contributed by atoms with van der Waals surface area (Å²) in [5.74, 6) is -1.65. The maximum absolute atomic E-state index is 12.3. The van der Waals surface area contributed by atoms with Crippen LogP contribution in [0.2, 0.25) is 0 Å². The van der Waals surface area contributed by atoms with Crippen molar-refractivity contribution in [3.8, 4) is 5.75 Å². The highest BCUT2D eigenvalue weighted by atomic mass is 16.6. The average Bonchev–Trinajstić information content (AvgIpc) is 2.69. The molecule has 0 aliphatic carbocycles. The second-order valence-corrected chi connectivity index (χ2v) is 6.59. The maximum atomic E-state index is 12.3. The molecule has 30 heavy (non-hydrogen) atoms. The fourth-order valence-corrected chi connectivity index (χ4v) is 3.10. The van der Waals surface area contributed by atoms with Crippen LogP contribution in [-0.2, 0) is 28.6 Å². The van der Waals surface area contributed by atoms with Gasteiger partial charge in [0, 0.05) is 20.8 Å². The fourth-order valence-electron chi connectivity index (χ4n) is 3.10. The molecule has 9 heteroatoms. The minimum atomic E-state index is -1.14. The van der Waals surface area contributed by atoms with E-state index in [4.69, 9.17) is 23.4 Å². The van der Waals surface area contributed by atoms with Gasteiger partial charge >= 0.3 is 23.5 Å². The van der Waals surface area contributed by atoms with Gasteiger partial charge < -0.3 is 23.4 Å². The molecule has 0 spiro atoms. The molecule has 1 aliphatic rings. The van der Waals surface area contributed by atoms with Crippen LogP contribution in [0.5, 0.6) is 5.75 Å². The van der Waals surface area contributed by atoms with Gasteiger partial charge in [0.25, 0.3) is 0 Å². The van der Waals surface area contributed by atoms with Crippen LogP contribution in [0.25, 0.3) is 17.0 Å². The molecule has 0 amide bonds. The summed E-state index contributed by atoms with van der Waals surface area (Å²) in [5.41, 5.74) is -0.0507. The molecular weight excluding hydrogens is 396 g/mol. The minimum Gasteiger partial charge on any atom is -0.481 e. The summed E-state index contributed by atoms with van der Waals surface area (Å²) in [6.45, 7) is 3.22. The lowest BCUT2D eigenvalue weighted by Gasteiger charge is -2.32. The number of fused-ring (bicyclic) bond motifs is 3. The normalized spacial score (nSPS) is 16.7. The zero-order valence-electron chi connectivity index (χ0n) is 16.6. The van der Waals surface area contributed by atoms with E-state index in [0.717, 1.165) is 0 Å². The van der Waals surface area contributed by atoms with E-state index < -0.39 is 41.8 Å². The van der Waals surface area contributed by atoms with Crippen LogP contribution in [0.15, 0.2) is 39.6 Å². The molecular formula is C21H20O9. The van der Waals surface area contributed by atoms with Crippen molar-refractivity contribution in [2.45, 2.75) is 39.1 Å². The SMILES string of the molecule is CC(=O)OC[C@@H](OC(C)=O)[C@H](OC(C)=O)[C@@H]1C=Cc2c(c3ccccc3oc2=O)O1. The standard InChI is InChI=1S/C21H20O9/c1-11(22)26-10-18(27-12(2)23)20(28-13(3)24)17-9-8-15-19(29-17)14-6-4-5-7-16(14)30-21(15)25/h4-9,17-18,20H,10H2,1-3H3/t17-,18+,20+/m0/s1. The predicted molar refractivity (Wildman–Crippen MR) is 104 cm³/mol. The number of esters is 3. The van der Waals surface area contributed by atoms with Gasteiger partial charge in [0.15, 0.2) is 18.3 Å². The molecule has 1 aromatic carbocycles. The van der Waals surface area contributed by atoms with Gasteiger partial charge in [-0.25, -0.2) is 4.79 Å². The predicted octanol–water partition coefficient (Wildman–Crippen LogP) is 1.99. The van der Waals surface area contributed by atoms with E-state index in [9.17, 15) is 19.2 Å². The van der Waals surface area contributed by atoms with E-state index >= 15 is 0 Å². The third-order valence-electron chi connectivity index (χ3n) is 4.27. The van der Waals surface area contributed by atoms with Crippen LogP contribution in [0.1, 0.15) is 26.3 Å². The topological polar surface area (TPSA) is 118 Å². The van der Waals surface area contributed by atoms with Crippen molar-refractivity contribution in [2.75, 3.05) is 6.61 Å². The van der Waals surface area contributed by atoms with Crippen LogP contribution in [0.3, 0.4) is 0 Å². The Balaban J connectivity index is 2.00. The third-order valence-corrected chi connectivity index (χ3v) is 4.27. The first-order chi connectivity index (χ1) is 14.3. The van der Waals surface area contributed by atoms with Crippen LogP contribution in [0.4, 0.5) is 0 Å². The fraction of sp³-hybridized carbons (Fsp3) is 0.333. The van der Waals surface area contributed by atoms with Crippen molar-refractivity contribution in [1.29, 1.82) is 0 Å². The molecule has 9 nitrogen and oxygen atoms in total. The Morgan fingerprint density at radius 2 is 1.73 bits per heavy atom. The molecule has 158 valence electrons. The summed E-state index contributed by atoms with van der Waals surface area (Å²) in [5, 5.41) is 0.548. The van der Waals surface area contributed by atoms with Gasteiger partial charge in [0.1, 0.15) is 23.5 Å². The molecule has 0 saturated carbocycles. The first-order valence-corrected chi connectivity index (χ1v) is 9.14. The molecule has 0 radical (unpaired) electrons. The Morgan fingerprint density at radius 1 is 1.03 bits per heavy atom. The van der Waals surface area contributed by atoms with Gasteiger partial charge in [-0.15, -0.1) is 0 Å². The van der Waals surface area contributed by atoms with Crippen molar-refractivity contribution >= 4 is 35.0 Å². The maximum Gasteiger partial charge on any atom is 0.347 e. The summed E-state index contributed by atoms with van der Waals surface area (Å²) in [7, 11) is 0. The molecule has 0 unspecified atom stereocenters. The second-order valence-electron chi connectivity index (χ2n) is 6.59. The van der Waals surface area contributed by atoms with Gasteiger partial charge in [-0.05, 0) is 24.3 Å². The van der Waals surface area contributed by atoms with Crippen LogP contribution >= 0.6 is 0 Å². The number of para-hydroxylation sites is 1. The van der Waals surface area contributed by atoms with E-state index in [1.54, 1.807) is 24.3 Å². The molecule has 3 rings (SSSR count). The lowest BCUT2D eigenvalue weighted by molar-refractivity contribution is -0.178. The van der Waals surface area contributed by atoms with E-state index in [0.29, 0.717) is 11.0 Å². The van der Waals surface area contributed by atoms with E-state index in [2.05, 4.69) is 0 Å². The summed E-state index contributed by atoms with van der Waals surface area (Å²) in [6, 6.07) is 6.81. The molecule has 2 aromatic rings. The zero-order valence-corrected chi connectivity index (χ0v) is 16.6. The van der Waals surface area contributed by atoms with Crippen molar-refractivity contribution in [2.24, 2.45) is 0 Å². The Hall–Kier alpha value is -3.62. The number of hydrogen-bond acceptors (Lipinski definition) is 9. The number of benzene rings is 1. The van der Waals surface area contributed by atoms with Crippen molar-refractivity contribution < 1.29 is 37.7 Å². The summed E-state index contributed by atoms with van der Waals surface area (Å²) < 4.78 is 26.8. The second kappa shape index (κ2) is 8.81. The Kier molecular flexibility index (Phi) is 6.20. The van der Waals surface area contributed by atoms with Crippen molar-refractivity contribution in [3.63, 3.8) is 0 Å². The van der Waals surface area contributed by atoms with Gasteiger partial charge in [0.2, 0.25) is 0 Å². The average molecular weight is 416 g/mol. The summed E-state index contributed by atoms with van der Waals surface area (Å²) in [6.07, 6.45) is -0.202. The lowest BCUT2D eigenvalue weighted by atomic mass is 10.0. The molecule has 2 heterocycles. The molecule has 3 atom stereocenters. The molecule has 1 aromatic heterocycles. The van der Waals surface area contributed by atoms with Crippen LogP contribution in [0, 0.1) is 0 Å². The van der Waals surface area contributed by atoms with Gasteiger partial charge in [0.05, 0.1) is 5.39 Å². The first-order valence-electron chi connectivity index (χ1n) is 9.14. The van der Waals surface area contributed by atoms with Gasteiger partial charge in [-0.1, -0.05) is 12.1 Å². The highest BCUT2D eigenvalue weighted by Crippen LogP contribution is 2.33. The summed E-state index contributed by atoms with van der Waals surface area (Å²) in [4.78, 5) is 46.8. The molecule has 0 bridgehead atoms. The van der Waals surface area contributed by atoms with Gasteiger partial charge in [-0.2, -0.15) is 0 Å². The van der Waals surface area contributed by atoms with E-state index in [1.807, 2.05) is 0 Å². The number of rotatable bonds is 6. The molecule has 0 saturated heterocycles. The van der Waals surface area contributed by atoms with Gasteiger partial charge in [-0.3, -0.25) is 14.4 Å². The van der Waals surface area contributed by atoms with E-state index in [1.165, 1.54) is 32.9 Å². The van der Waals surface area contributed by atoms with Crippen LogP contribution in [-0.4, -0.2) is 42.8 Å². The Bertz CT molecular complexity index is 1070. The van der Waals surface area contributed by atoms with Crippen LogP contribution < -0.4 is 10.4 Å². The largest absolute Gasteiger partial charge is 0.481 e. The van der Waals surface area contributed by atoms with Crippen molar-refractivity contribution in [3.05, 3.63) is 46.3 Å². The smallest absolute Gasteiger partial charge is 0.347 e. The first kappa shape index (κ1) is 21.1. The Morgan fingerprint density at radius 3 is 2.40 bits per heavy atom. The minimum absolute atomic E-state index is 0.204. The highest BCUT2D eigenvalue weighted by molar-refractivity contribution is 5.87. The van der Waals surface area contributed by atoms with Crippen molar-refractivity contribution in [1.82, 2.24) is 0 Å². The lowest BCUT2D eigenvalue weighted by Crippen LogP contribution is -2.48. The quantitative estimate of drug-likeness (QED) is 0.396.